The summed E-state index contributed by atoms with van der Waals surface area (Å²) in [5, 5.41) is 23.6. The summed E-state index contributed by atoms with van der Waals surface area (Å²) in [7, 11) is 0. The SMILES string of the molecule is CCCC(c1cc(Cc2ccccc2)cc(C(C)(C)C)c1O)c1cc(Cc2ccccc2)cc(C(C)(C)C)c1O. The van der Waals surface area contributed by atoms with Crippen LogP contribution in [0.5, 0.6) is 11.5 Å². The Morgan fingerprint density at radius 1 is 0.550 bits per heavy atom. The van der Waals surface area contributed by atoms with Gasteiger partial charge >= 0.3 is 0 Å². The van der Waals surface area contributed by atoms with Gasteiger partial charge < -0.3 is 10.2 Å². The van der Waals surface area contributed by atoms with Crippen LogP contribution in [-0.2, 0) is 23.7 Å². The summed E-state index contributed by atoms with van der Waals surface area (Å²) >= 11 is 0. The molecule has 0 bridgehead atoms. The van der Waals surface area contributed by atoms with Crippen molar-refractivity contribution in [3.63, 3.8) is 0 Å². The third kappa shape index (κ3) is 6.78. The normalized spacial score (nSPS) is 12.2. The second-order valence-electron chi connectivity index (χ2n) is 13.3. The molecular weight excluding hydrogens is 488 g/mol. The third-order valence-corrected chi connectivity index (χ3v) is 7.84. The molecule has 0 saturated carbocycles. The summed E-state index contributed by atoms with van der Waals surface area (Å²) in [6.45, 7) is 15.1. The Morgan fingerprint density at radius 3 is 1.25 bits per heavy atom. The van der Waals surface area contributed by atoms with Gasteiger partial charge in [0.25, 0.3) is 0 Å². The minimum atomic E-state index is -0.226. The Balaban J connectivity index is 1.93. The molecule has 0 unspecified atom stereocenters. The summed E-state index contributed by atoms with van der Waals surface area (Å²) in [5.74, 6) is 0.583. The summed E-state index contributed by atoms with van der Waals surface area (Å²) < 4.78 is 0. The molecule has 4 aromatic rings. The van der Waals surface area contributed by atoms with E-state index in [0.29, 0.717) is 11.5 Å². The third-order valence-electron chi connectivity index (χ3n) is 7.84. The van der Waals surface area contributed by atoms with Crippen molar-refractivity contribution in [2.24, 2.45) is 0 Å². The van der Waals surface area contributed by atoms with Gasteiger partial charge in [-0.15, -0.1) is 0 Å². The molecule has 0 aromatic heterocycles. The molecule has 210 valence electrons. The average Bonchev–Trinajstić information content (AvgIpc) is 2.89. The van der Waals surface area contributed by atoms with Crippen molar-refractivity contribution in [2.75, 3.05) is 0 Å². The van der Waals surface area contributed by atoms with Gasteiger partial charge in [-0.25, -0.2) is 0 Å². The van der Waals surface area contributed by atoms with E-state index in [1.807, 2.05) is 12.1 Å². The van der Waals surface area contributed by atoms with E-state index in [9.17, 15) is 10.2 Å². The van der Waals surface area contributed by atoms with E-state index >= 15 is 0 Å². The zero-order valence-electron chi connectivity index (χ0n) is 25.4. The molecule has 0 heterocycles. The van der Waals surface area contributed by atoms with Gasteiger partial charge in [-0.1, -0.05) is 140 Å². The second kappa shape index (κ2) is 11.9. The number of rotatable bonds is 8. The number of phenolic OH excluding ortho intramolecular Hbond substituents is 2. The fraction of sp³-hybridized carbons (Fsp3) is 0.368. The highest BCUT2D eigenvalue weighted by molar-refractivity contribution is 5.57. The molecule has 0 amide bonds. The molecule has 4 rings (SSSR count). The minimum Gasteiger partial charge on any atom is -0.507 e. The zero-order chi connectivity index (χ0) is 29.1. The lowest BCUT2D eigenvalue weighted by Gasteiger charge is -2.29. The minimum absolute atomic E-state index is 0.126. The van der Waals surface area contributed by atoms with Crippen molar-refractivity contribution in [1.82, 2.24) is 0 Å². The molecule has 0 atom stereocenters. The van der Waals surface area contributed by atoms with Gasteiger partial charge in [0.1, 0.15) is 11.5 Å². The van der Waals surface area contributed by atoms with Crippen molar-refractivity contribution in [2.45, 2.75) is 90.9 Å². The largest absolute Gasteiger partial charge is 0.507 e. The monoisotopic (exact) mass is 534 g/mol. The Bertz CT molecular complexity index is 1310. The molecule has 2 N–H and O–H groups in total. The molecule has 0 aliphatic rings. The number of benzene rings is 4. The molecule has 2 nitrogen and oxygen atoms in total. The van der Waals surface area contributed by atoms with Crippen LogP contribution < -0.4 is 0 Å². The van der Waals surface area contributed by atoms with Gasteiger partial charge in [-0.2, -0.15) is 0 Å². The van der Waals surface area contributed by atoms with E-state index in [0.717, 1.165) is 47.9 Å². The second-order valence-corrected chi connectivity index (χ2v) is 13.3. The van der Waals surface area contributed by atoms with Crippen LogP contribution >= 0.6 is 0 Å². The molecule has 0 aliphatic carbocycles. The van der Waals surface area contributed by atoms with Crippen molar-refractivity contribution in [3.05, 3.63) is 129 Å². The number of hydrogen-bond acceptors (Lipinski definition) is 2. The van der Waals surface area contributed by atoms with Gasteiger partial charge in [0.05, 0.1) is 0 Å². The van der Waals surface area contributed by atoms with E-state index in [4.69, 9.17) is 0 Å². The van der Waals surface area contributed by atoms with Crippen molar-refractivity contribution in [1.29, 1.82) is 0 Å². The number of hydrogen-bond donors (Lipinski definition) is 2. The maximum Gasteiger partial charge on any atom is 0.123 e. The Labute approximate surface area is 241 Å². The summed E-state index contributed by atoms with van der Waals surface area (Å²) in [6.07, 6.45) is 3.36. The van der Waals surface area contributed by atoms with Crippen LogP contribution in [0.3, 0.4) is 0 Å². The summed E-state index contributed by atoms with van der Waals surface area (Å²) in [5.41, 5.74) is 8.12. The smallest absolute Gasteiger partial charge is 0.123 e. The van der Waals surface area contributed by atoms with Gasteiger partial charge in [0.15, 0.2) is 0 Å². The van der Waals surface area contributed by atoms with E-state index in [2.05, 4.69) is 121 Å². The summed E-state index contributed by atoms with van der Waals surface area (Å²) in [6, 6.07) is 29.7. The van der Waals surface area contributed by atoms with Crippen LogP contribution in [-0.4, -0.2) is 10.2 Å². The molecule has 0 saturated heterocycles. The fourth-order valence-corrected chi connectivity index (χ4v) is 5.75. The van der Waals surface area contributed by atoms with E-state index in [1.54, 1.807) is 0 Å². The maximum atomic E-state index is 11.8. The Kier molecular flexibility index (Phi) is 8.78. The van der Waals surface area contributed by atoms with Crippen LogP contribution in [0.1, 0.15) is 112 Å². The van der Waals surface area contributed by atoms with Gasteiger partial charge in [0, 0.05) is 17.0 Å². The first kappa shape index (κ1) is 29.5. The van der Waals surface area contributed by atoms with Crippen LogP contribution in [0, 0.1) is 0 Å². The highest BCUT2D eigenvalue weighted by atomic mass is 16.3. The molecule has 4 aromatic carbocycles. The van der Waals surface area contributed by atoms with E-state index in [-0.39, 0.29) is 16.7 Å². The number of aromatic hydroxyl groups is 2. The van der Waals surface area contributed by atoms with Gasteiger partial charge in [0.2, 0.25) is 0 Å². The molecule has 0 fully saturated rings. The quantitative estimate of drug-likeness (QED) is 0.236. The summed E-state index contributed by atoms with van der Waals surface area (Å²) in [4.78, 5) is 0. The lowest BCUT2D eigenvalue weighted by atomic mass is 9.76. The van der Waals surface area contributed by atoms with E-state index in [1.165, 1.54) is 22.3 Å². The van der Waals surface area contributed by atoms with Crippen LogP contribution in [0.4, 0.5) is 0 Å². The standard InChI is InChI=1S/C38H46O2/c1-8-15-30(31-22-28(20-26-16-11-9-12-17-26)24-33(35(31)39)37(2,3)4)32-23-29(21-27-18-13-10-14-19-27)25-34(36(32)40)38(5,6)7/h9-14,16-19,22-25,30,39-40H,8,15,20-21H2,1-7H3. The van der Waals surface area contributed by atoms with Crippen molar-refractivity contribution >= 4 is 0 Å². The predicted molar refractivity (Wildman–Crippen MR) is 169 cm³/mol. The lowest BCUT2D eigenvalue weighted by molar-refractivity contribution is 0.424. The topological polar surface area (TPSA) is 40.5 Å². The molecule has 2 heteroatoms. The van der Waals surface area contributed by atoms with Crippen LogP contribution in [0.15, 0.2) is 84.9 Å². The first-order valence-electron chi connectivity index (χ1n) is 14.7. The molecule has 40 heavy (non-hydrogen) atoms. The first-order chi connectivity index (χ1) is 18.9. The first-order valence-corrected chi connectivity index (χ1v) is 14.7. The predicted octanol–water partition coefficient (Wildman–Crippen LogP) is 9.81. The van der Waals surface area contributed by atoms with Crippen LogP contribution in [0.25, 0.3) is 0 Å². The fourth-order valence-electron chi connectivity index (χ4n) is 5.75. The van der Waals surface area contributed by atoms with Crippen LogP contribution in [0.2, 0.25) is 0 Å². The van der Waals surface area contributed by atoms with Gasteiger partial charge in [-0.05, 0) is 63.5 Å². The molecular formula is C38H46O2. The number of phenols is 2. The molecule has 0 aliphatic heterocycles. The van der Waals surface area contributed by atoms with Crippen molar-refractivity contribution in [3.8, 4) is 11.5 Å². The zero-order valence-corrected chi connectivity index (χ0v) is 25.4. The van der Waals surface area contributed by atoms with E-state index < -0.39 is 0 Å². The van der Waals surface area contributed by atoms with Crippen molar-refractivity contribution < 1.29 is 10.2 Å². The highest BCUT2D eigenvalue weighted by Gasteiger charge is 2.30. The average molecular weight is 535 g/mol. The Hall–Kier alpha value is -3.52. The molecule has 0 radical (unpaired) electrons. The Morgan fingerprint density at radius 2 is 0.925 bits per heavy atom. The maximum absolute atomic E-state index is 11.8. The highest BCUT2D eigenvalue weighted by Crippen LogP contribution is 2.46. The molecule has 0 spiro atoms. The van der Waals surface area contributed by atoms with Gasteiger partial charge in [-0.3, -0.25) is 0 Å². The lowest BCUT2D eigenvalue weighted by Crippen LogP contribution is -2.16.